The first-order chi connectivity index (χ1) is 15.3. The Balaban J connectivity index is 1.43. The predicted octanol–water partition coefficient (Wildman–Crippen LogP) is 3.41. The minimum Gasteiger partial charge on any atom is -0.326 e. The van der Waals surface area contributed by atoms with Crippen LogP contribution in [0.4, 0.5) is 11.4 Å². The smallest absolute Gasteiger partial charge is 0.243 e. The number of hydrogen-bond donors (Lipinski definition) is 1. The van der Waals surface area contributed by atoms with Crippen LogP contribution in [0.15, 0.2) is 53.4 Å². The third-order valence-electron chi connectivity index (χ3n) is 6.43. The van der Waals surface area contributed by atoms with Crippen molar-refractivity contribution >= 4 is 33.2 Å². The molecule has 0 aromatic heterocycles. The van der Waals surface area contributed by atoms with Gasteiger partial charge in [-0.1, -0.05) is 25.1 Å². The lowest BCUT2D eigenvalue weighted by atomic mass is 10.0. The lowest BCUT2D eigenvalue weighted by Crippen LogP contribution is -2.37. The first-order valence-electron chi connectivity index (χ1n) is 11.0. The van der Waals surface area contributed by atoms with Gasteiger partial charge in [-0.25, -0.2) is 8.42 Å². The maximum Gasteiger partial charge on any atom is 0.243 e. The number of hydrogen-bond acceptors (Lipinski definition) is 4. The summed E-state index contributed by atoms with van der Waals surface area (Å²) >= 11 is 0. The highest BCUT2D eigenvalue weighted by Crippen LogP contribution is 2.29. The molecule has 4 rings (SSSR count). The molecule has 1 N–H and O–H groups in total. The van der Waals surface area contributed by atoms with Gasteiger partial charge in [-0.05, 0) is 61.6 Å². The van der Waals surface area contributed by atoms with Gasteiger partial charge in [0.2, 0.25) is 21.8 Å². The Bertz CT molecular complexity index is 1110. The summed E-state index contributed by atoms with van der Waals surface area (Å²) in [4.78, 5) is 27.1. The van der Waals surface area contributed by atoms with Gasteiger partial charge in [0.1, 0.15) is 0 Å². The Kier molecular flexibility index (Phi) is 6.35. The molecule has 0 spiro atoms. The largest absolute Gasteiger partial charge is 0.326 e. The summed E-state index contributed by atoms with van der Waals surface area (Å²) < 4.78 is 27.4. The van der Waals surface area contributed by atoms with E-state index in [4.69, 9.17) is 0 Å². The zero-order chi connectivity index (χ0) is 22.9. The molecule has 2 amide bonds. The van der Waals surface area contributed by atoms with Crippen LogP contribution in [0.5, 0.6) is 0 Å². The van der Waals surface area contributed by atoms with Gasteiger partial charge in [0.05, 0.1) is 10.8 Å². The number of rotatable bonds is 5. The second kappa shape index (κ2) is 9.03. The number of benzene rings is 2. The van der Waals surface area contributed by atoms with Crippen LogP contribution < -0.4 is 10.2 Å². The zero-order valence-electron chi connectivity index (χ0n) is 18.5. The molecular weight excluding hydrogens is 426 g/mol. The lowest BCUT2D eigenvalue weighted by molar-refractivity contribution is -0.122. The molecule has 0 unspecified atom stereocenters. The van der Waals surface area contributed by atoms with E-state index in [1.807, 2.05) is 31.2 Å². The number of para-hydroxylation sites is 1. The summed E-state index contributed by atoms with van der Waals surface area (Å²) in [6.07, 6.45) is 1.86. The van der Waals surface area contributed by atoms with Crippen molar-refractivity contribution in [2.24, 2.45) is 11.8 Å². The zero-order valence-corrected chi connectivity index (χ0v) is 19.3. The Morgan fingerprint density at radius 2 is 1.69 bits per heavy atom. The van der Waals surface area contributed by atoms with E-state index >= 15 is 0 Å². The van der Waals surface area contributed by atoms with Gasteiger partial charge in [-0.15, -0.1) is 0 Å². The fraction of sp³-hybridized carbons (Fsp3) is 0.417. The number of nitrogens with zero attached hydrogens (tertiary/aromatic N) is 2. The number of anilines is 2. The van der Waals surface area contributed by atoms with Crippen molar-refractivity contribution in [3.8, 4) is 0 Å². The SMILES string of the molecule is Cc1ccccc1NC(=O)[C@@H]1CC(=O)N(c2ccc(S(=O)(=O)N3CCC(C)CC3)cc2)C1. The van der Waals surface area contributed by atoms with Crippen molar-refractivity contribution in [1.29, 1.82) is 0 Å². The van der Waals surface area contributed by atoms with Crippen LogP contribution in [0, 0.1) is 18.8 Å². The van der Waals surface area contributed by atoms with Crippen molar-refractivity contribution in [3.05, 3.63) is 54.1 Å². The van der Waals surface area contributed by atoms with E-state index in [0.717, 1.165) is 24.1 Å². The van der Waals surface area contributed by atoms with Crippen LogP contribution in [0.1, 0.15) is 31.7 Å². The van der Waals surface area contributed by atoms with Gasteiger partial charge in [-0.3, -0.25) is 9.59 Å². The van der Waals surface area contributed by atoms with E-state index in [2.05, 4.69) is 12.2 Å². The Morgan fingerprint density at radius 3 is 2.34 bits per heavy atom. The number of carbonyl (C=O) groups is 2. The molecule has 0 bridgehead atoms. The van der Waals surface area contributed by atoms with Crippen LogP contribution in [-0.4, -0.2) is 44.2 Å². The molecule has 2 fully saturated rings. The Morgan fingerprint density at radius 1 is 1.03 bits per heavy atom. The maximum atomic E-state index is 12.9. The van der Waals surface area contributed by atoms with Gasteiger partial charge >= 0.3 is 0 Å². The molecule has 2 aromatic rings. The van der Waals surface area contributed by atoms with Crippen LogP contribution in [0.2, 0.25) is 0 Å². The summed E-state index contributed by atoms with van der Waals surface area (Å²) in [5.41, 5.74) is 2.31. The molecular formula is C24H29N3O4S. The summed E-state index contributed by atoms with van der Waals surface area (Å²) in [5.74, 6) is -0.244. The highest BCUT2D eigenvalue weighted by atomic mass is 32.2. The van der Waals surface area contributed by atoms with E-state index in [1.54, 1.807) is 29.2 Å². The van der Waals surface area contributed by atoms with Gasteiger partial charge in [0, 0.05) is 37.4 Å². The van der Waals surface area contributed by atoms with Crippen LogP contribution in [0.3, 0.4) is 0 Å². The van der Waals surface area contributed by atoms with Crippen molar-refractivity contribution in [1.82, 2.24) is 4.31 Å². The molecule has 7 nitrogen and oxygen atoms in total. The molecule has 0 aliphatic carbocycles. The maximum absolute atomic E-state index is 12.9. The van der Waals surface area contributed by atoms with Gasteiger partial charge in [0.15, 0.2) is 0 Å². The van der Waals surface area contributed by atoms with E-state index < -0.39 is 15.9 Å². The summed E-state index contributed by atoms with van der Waals surface area (Å²) in [6, 6.07) is 13.9. The van der Waals surface area contributed by atoms with E-state index in [-0.39, 0.29) is 29.7 Å². The fourth-order valence-electron chi connectivity index (χ4n) is 4.25. The highest BCUT2D eigenvalue weighted by molar-refractivity contribution is 7.89. The van der Waals surface area contributed by atoms with E-state index in [1.165, 1.54) is 4.31 Å². The van der Waals surface area contributed by atoms with Crippen LogP contribution in [0.25, 0.3) is 0 Å². The molecule has 2 aliphatic rings. The summed E-state index contributed by atoms with van der Waals surface area (Å²) in [6.45, 7) is 5.40. The number of piperidine rings is 1. The highest BCUT2D eigenvalue weighted by Gasteiger charge is 2.35. The van der Waals surface area contributed by atoms with Crippen molar-refractivity contribution < 1.29 is 18.0 Å². The molecule has 0 radical (unpaired) electrons. The molecule has 8 heteroatoms. The number of amides is 2. The molecule has 170 valence electrons. The third kappa shape index (κ3) is 4.56. The van der Waals surface area contributed by atoms with Crippen LogP contribution in [-0.2, 0) is 19.6 Å². The van der Waals surface area contributed by atoms with E-state index in [9.17, 15) is 18.0 Å². The van der Waals surface area contributed by atoms with Gasteiger partial charge in [-0.2, -0.15) is 4.31 Å². The topological polar surface area (TPSA) is 86.8 Å². The molecule has 0 saturated carbocycles. The fourth-order valence-corrected chi connectivity index (χ4v) is 5.72. The molecule has 1 atom stereocenters. The number of nitrogens with one attached hydrogen (secondary N) is 1. The quantitative estimate of drug-likeness (QED) is 0.749. The lowest BCUT2D eigenvalue weighted by Gasteiger charge is -2.29. The van der Waals surface area contributed by atoms with Crippen LogP contribution >= 0.6 is 0 Å². The molecule has 2 aromatic carbocycles. The standard InChI is InChI=1S/C24H29N3O4S/c1-17-11-13-26(14-12-17)32(30,31)21-9-7-20(8-10-21)27-16-19(15-23(27)28)24(29)25-22-6-4-3-5-18(22)2/h3-10,17,19H,11-16H2,1-2H3,(H,25,29)/t19-/m1/s1. The third-order valence-corrected chi connectivity index (χ3v) is 8.34. The average Bonchev–Trinajstić information content (AvgIpc) is 3.17. The summed E-state index contributed by atoms with van der Waals surface area (Å²) in [5, 5.41) is 2.91. The average molecular weight is 456 g/mol. The number of carbonyl (C=O) groups excluding carboxylic acids is 2. The monoisotopic (exact) mass is 455 g/mol. The normalized spacial score (nSPS) is 20.5. The molecule has 2 aliphatic heterocycles. The second-order valence-corrected chi connectivity index (χ2v) is 10.7. The Labute approximate surface area is 189 Å². The van der Waals surface area contributed by atoms with Gasteiger partial charge < -0.3 is 10.2 Å². The second-order valence-electron chi connectivity index (χ2n) is 8.79. The first kappa shape index (κ1) is 22.5. The van der Waals surface area contributed by atoms with E-state index in [0.29, 0.717) is 24.7 Å². The minimum atomic E-state index is -3.54. The number of sulfonamides is 1. The molecule has 2 heterocycles. The van der Waals surface area contributed by atoms with Crippen molar-refractivity contribution in [2.45, 2.75) is 38.0 Å². The van der Waals surface area contributed by atoms with Gasteiger partial charge in [0.25, 0.3) is 0 Å². The minimum absolute atomic E-state index is 0.129. The molecule has 32 heavy (non-hydrogen) atoms. The number of aryl methyl sites for hydroxylation is 1. The summed E-state index contributed by atoms with van der Waals surface area (Å²) in [7, 11) is -3.54. The Hall–Kier alpha value is -2.71. The first-order valence-corrected chi connectivity index (χ1v) is 12.5. The predicted molar refractivity (Wildman–Crippen MR) is 124 cm³/mol. The molecule has 2 saturated heterocycles. The van der Waals surface area contributed by atoms with Crippen molar-refractivity contribution in [2.75, 3.05) is 29.9 Å². The van der Waals surface area contributed by atoms with Crippen molar-refractivity contribution in [3.63, 3.8) is 0 Å².